The van der Waals surface area contributed by atoms with Crippen LogP contribution in [-0.2, 0) is 6.42 Å². The fourth-order valence-electron chi connectivity index (χ4n) is 2.39. The van der Waals surface area contributed by atoms with Gasteiger partial charge in [0, 0.05) is 6.04 Å². The van der Waals surface area contributed by atoms with Crippen molar-refractivity contribution in [1.82, 2.24) is 5.32 Å². The molecule has 0 fully saturated rings. The molecule has 108 valence electrons. The molecule has 1 aromatic carbocycles. The normalized spacial score (nSPS) is 12.7. The van der Waals surface area contributed by atoms with Gasteiger partial charge in [-0.1, -0.05) is 26.8 Å². The Morgan fingerprint density at radius 1 is 1.26 bits per heavy atom. The summed E-state index contributed by atoms with van der Waals surface area (Å²) in [7, 11) is 1.72. The van der Waals surface area contributed by atoms with Crippen LogP contribution in [0.3, 0.4) is 0 Å². The minimum Gasteiger partial charge on any atom is -0.497 e. The Bertz CT molecular complexity index is 374. The number of benzene rings is 1. The van der Waals surface area contributed by atoms with Crippen LogP contribution in [0.5, 0.6) is 5.75 Å². The zero-order valence-corrected chi connectivity index (χ0v) is 13.1. The standard InChI is InChI=1S/C17H29NO/c1-6-11-18-17(13(2)3)10-8-15-7-9-16(19-5)12-14(15)4/h7,9,12-13,17-18H,6,8,10-11H2,1-5H3. The molecule has 1 N–H and O–H groups in total. The molecule has 0 aromatic heterocycles. The first-order valence-electron chi connectivity index (χ1n) is 7.45. The van der Waals surface area contributed by atoms with Crippen molar-refractivity contribution >= 4 is 0 Å². The third kappa shape index (κ3) is 5.23. The Hall–Kier alpha value is -1.02. The smallest absolute Gasteiger partial charge is 0.119 e. The number of aryl methyl sites for hydroxylation is 2. The molecule has 19 heavy (non-hydrogen) atoms. The molecule has 2 nitrogen and oxygen atoms in total. The number of rotatable bonds is 8. The van der Waals surface area contributed by atoms with Crippen molar-refractivity contribution in [2.45, 2.75) is 53.0 Å². The van der Waals surface area contributed by atoms with Gasteiger partial charge in [0.1, 0.15) is 5.75 Å². The highest BCUT2D eigenvalue weighted by molar-refractivity contribution is 5.34. The molecule has 1 aromatic rings. The van der Waals surface area contributed by atoms with E-state index in [1.165, 1.54) is 24.0 Å². The molecule has 0 saturated carbocycles. The molecule has 1 rings (SSSR count). The zero-order chi connectivity index (χ0) is 14.3. The number of nitrogens with one attached hydrogen (secondary N) is 1. The lowest BCUT2D eigenvalue weighted by atomic mass is 9.95. The van der Waals surface area contributed by atoms with Crippen LogP contribution in [0.15, 0.2) is 18.2 Å². The van der Waals surface area contributed by atoms with Crippen LogP contribution < -0.4 is 10.1 Å². The fraction of sp³-hybridized carbons (Fsp3) is 0.647. The van der Waals surface area contributed by atoms with E-state index in [4.69, 9.17) is 4.74 Å². The largest absolute Gasteiger partial charge is 0.497 e. The molecule has 0 bridgehead atoms. The summed E-state index contributed by atoms with van der Waals surface area (Å²) < 4.78 is 5.25. The second kappa shape index (κ2) is 8.21. The lowest BCUT2D eigenvalue weighted by Gasteiger charge is -2.22. The first-order valence-corrected chi connectivity index (χ1v) is 7.45. The average Bonchev–Trinajstić information content (AvgIpc) is 2.39. The molecule has 1 atom stereocenters. The monoisotopic (exact) mass is 263 g/mol. The SMILES string of the molecule is CCCNC(CCc1ccc(OC)cc1C)C(C)C. The minimum absolute atomic E-state index is 0.612. The van der Waals surface area contributed by atoms with Gasteiger partial charge < -0.3 is 10.1 Å². The van der Waals surface area contributed by atoms with E-state index in [0.29, 0.717) is 12.0 Å². The van der Waals surface area contributed by atoms with Gasteiger partial charge in [0.2, 0.25) is 0 Å². The number of ether oxygens (including phenoxy) is 1. The zero-order valence-electron chi connectivity index (χ0n) is 13.1. The van der Waals surface area contributed by atoms with Crippen molar-refractivity contribution in [1.29, 1.82) is 0 Å². The molecule has 1 unspecified atom stereocenters. The van der Waals surface area contributed by atoms with Gasteiger partial charge in [-0.15, -0.1) is 0 Å². The Morgan fingerprint density at radius 3 is 2.53 bits per heavy atom. The summed E-state index contributed by atoms with van der Waals surface area (Å²) in [6.07, 6.45) is 3.53. The van der Waals surface area contributed by atoms with Gasteiger partial charge in [-0.3, -0.25) is 0 Å². The molecular weight excluding hydrogens is 234 g/mol. The van der Waals surface area contributed by atoms with Crippen molar-refractivity contribution in [2.24, 2.45) is 5.92 Å². The van der Waals surface area contributed by atoms with Gasteiger partial charge in [-0.05, 0) is 61.9 Å². The molecular formula is C17H29NO. The Labute approximate surface area is 118 Å². The maximum absolute atomic E-state index is 5.25. The number of hydrogen-bond acceptors (Lipinski definition) is 2. The quantitative estimate of drug-likeness (QED) is 0.766. The van der Waals surface area contributed by atoms with E-state index < -0.39 is 0 Å². The second-order valence-corrected chi connectivity index (χ2v) is 5.64. The van der Waals surface area contributed by atoms with Crippen molar-refractivity contribution in [3.8, 4) is 5.75 Å². The third-order valence-electron chi connectivity index (χ3n) is 3.74. The van der Waals surface area contributed by atoms with Gasteiger partial charge in [0.05, 0.1) is 7.11 Å². The number of hydrogen-bond donors (Lipinski definition) is 1. The van der Waals surface area contributed by atoms with Gasteiger partial charge in [0.25, 0.3) is 0 Å². The van der Waals surface area contributed by atoms with Crippen molar-refractivity contribution in [2.75, 3.05) is 13.7 Å². The van der Waals surface area contributed by atoms with Crippen LogP contribution in [0.1, 0.15) is 44.7 Å². The molecule has 0 saturated heterocycles. The summed E-state index contributed by atoms with van der Waals surface area (Å²) in [6, 6.07) is 7.00. The minimum atomic E-state index is 0.612. The predicted octanol–water partition coefficient (Wildman–Crippen LogP) is 3.96. The van der Waals surface area contributed by atoms with Crippen LogP contribution in [0, 0.1) is 12.8 Å². The van der Waals surface area contributed by atoms with E-state index in [1.54, 1.807) is 7.11 Å². The Morgan fingerprint density at radius 2 is 2.00 bits per heavy atom. The third-order valence-corrected chi connectivity index (χ3v) is 3.74. The summed E-state index contributed by atoms with van der Waals surface area (Å²) in [5.41, 5.74) is 2.77. The maximum atomic E-state index is 5.25. The van der Waals surface area contributed by atoms with E-state index in [0.717, 1.165) is 18.7 Å². The molecule has 0 aliphatic rings. The molecule has 0 amide bonds. The first-order chi connectivity index (χ1) is 9.08. The van der Waals surface area contributed by atoms with Crippen molar-refractivity contribution in [3.05, 3.63) is 29.3 Å². The van der Waals surface area contributed by atoms with Crippen molar-refractivity contribution in [3.63, 3.8) is 0 Å². The van der Waals surface area contributed by atoms with Crippen LogP contribution in [-0.4, -0.2) is 19.7 Å². The van der Waals surface area contributed by atoms with E-state index in [9.17, 15) is 0 Å². The molecule has 2 heteroatoms. The van der Waals surface area contributed by atoms with E-state index in [-0.39, 0.29) is 0 Å². The number of methoxy groups -OCH3 is 1. The van der Waals surface area contributed by atoms with Crippen molar-refractivity contribution < 1.29 is 4.74 Å². The van der Waals surface area contributed by atoms with Gasteiger partial charge in [-0.2, -0.15) is 0 Å². The van der Waals surface area contributed by atoms with Gasteiger partial charge in [-0.25, -0.2) is 0 Å². The molecule has 0 heterocycles. The van der Waals surface area contributed by atoms with Crippen LogP contribution in [0.2, 0.25) is 0 Å². The first kappa shape index (κ1) is 16.0. The average molecular weight is 263 g/mol. The summed E-state index contributed by atoms with van der Waals surface area (Å²) in [4.78, 5) is 0. The summed E-state index contributed by atoms with van der Waals surface area (Å²) >= 11 is 0. The summed E-state index contributed by atoms with van der Waals surface area (Å²) in [5.74, 6) is 1.64. The topological polar surface area (TPSA) is 21.3 Å². The molecule has 0 spiro atoms. The molecule has 0 radical (unpaired) electrons. The van der Waals surface area contributed by atoms with Crippen LogP contribution in [0.25, 0.3) is 0 Å². The lowest BCUT2D eigenvalue weighted by molar-refractivity contribution is 0.378. The maximum Gasteiger partial charge on any atom is 0.119 e. The second-order valence-electron chi connectivity index (χ2n) is 5.64. The predicted molar refractivity (Wildman–Crippen MR) is 83.0 cm³/mol. The highest BCUT2D eigenvalue weighted by Crippen LogP contribution is 2.19. The van der Waals surface area contributed by atoms with Gasteiger partial charge >= 0.3 is 0 Å². The van der Waals surface area contributed by atoms with E-state index >= 15 is 0 Å². The molecule has 0 aliphatic heterocycles. The van der Waals surface area contributed by atoms with E-state index in [1.807, 2.05) is 0 Å². The Kier molecular flexibility index (Phi) is 6.93. The summed E-state index contributed by atoms with van der Waals surface area (Å²) in [5, 5.41) is 3.66. The highest BCUT2D eigenvalue weighted by Gasteiger charge is 2.12. The fourth-order valence-corrected chi connectivity index (χ4v) is 2.39. The summed E-state index contributed by atoms with van der Waals surface area (Å²) in [6.45, 7) is 10.1. The van der Waals surface area contributed by atoms with Gasteiger partial charge in [0.15, 0.2) is 0 Å². The van der Waals surface area contributed by atoms with E-state index in [2.05, 4.69) is 51.2 Å². The van der Waals surface area contributed by atoms with Crippen LogP contribution >= 0.6 is 0 Å². The highest BCUT2D eigenvalue weighted by atomic mass is 16.5. The lowest BCUT2D eigenvalue weighted by Crippen LogP contribution is -2.34. The van der Waals surface area contributed by atoms with Crippen LogP contribution in [0.4, 0.5) is 0 Å². The molecule has 0 aliphatic carbocycles. The Balaban J connectivity index is 2.58.